The van der Waals surface area contributed by atoms with E-state index < -0.39 is 0 Å². The first-order valence-electron chi connectivity index (χ1n) is 4.72. The van der Waals surface area contributed by atoms with E-state index in [9.17, 15) is 9.59 Å². The van der Waals surface area contributed by atoms with Crippen molar-refractivity contribution in [3.8, 4) is 5.75 Å². The molecule has 1 aromatic carbocycles. The highest BCUT2D eigenvalue weighted by atomic mass is 79.9. The number of hydrogen-bond acceptors (Lipinski definition) is 3. The molecular weight excluding hydrogens is 354 g/mol. The number of rotatable bonds is 2. The van der Waals surface area contributed by atoms with Crippen molar-refractivity contribution in [3.05, 3.63) is 21.1 Å². The van der Waals surface area contributed by atoms with E-state index in [4.69, 9.17) is 4.74 Å². The summed E-state index contributed by atoms with van der Waals surface area (Å²) in [5.41, 5.74) is 0.478. The van der Waals surface area contributed by atoms with E-state index in [1.165, 1.54) is 13.8 Å². The minimum atomic E-state index is -0.343. The molecule has 0 aliphatic heterocycles. The summed E-state index contributed by atoms with van der Waals surface area (Å²) in [6, 6.07) is 3.39. The number of ether oxygens (including phenoxy) is 1. The fourth-order valence-electron chi connectivity index (χ4n) is 1.41. The normalized spacial score (nSPS) is 9.94. The highest BCUT2D eigenvalue weighted by molar-refractivity contribution is 9.11. The van der Waals surface area contributed by atoms with Crippen LogP contribution >= 0.6 is 31.9 Å². The number of halogens is 2. The van der Waals surface area contributed by atoms with Crippen LogP contribution in [-0.4, -0.2) is 18.9 Å². The van der Waals surface area contributed by atoms with Crippen LogP contribution in [0.5, 0.6) is 5.75 Å². The molecular formula is C11H11Br2NO3. The lowest BCUT2D eigenvalue weighted by Gasteiger charge is -2.20. The molecule has 0 bridgehead atoms. The maximum atomic E-state index is 11.5. The highest BCUT2D eigenvalue weighted by Crippen LogP contribution is 2.38. The van der Waals surface area contributed by atoms with Gasteiger partial charge in [-0.25, -0.2) is 4.90 Å². The zero-order valence-electron chi connectivity index (χ0n) is 9.58. The molecule has 4 nitrogen and oxygen atoms in total. The third-order valence-electron chi connectivity index (χ3n) is 2.08. The lowest BCUT2D eigenvalue weighted by Crippen LogP contribution is -2.33. The van der Waals surface area contributed by atoms with Crippen molar-refractivity contribution in [2.24, 2.45) is 0 Å². The largest absolute Gasteiger partial charge is 0.497 e. The van der Waals surface area contributed by atoms with Crippen molar-refractivity contribution in [2.75, 3.05) is 12.0 Å². The van der Waals surface area contributed by atoms with Crippen molar-refractivity contribution in [1.29, 1.82) is 0 Å². The Bertz CT molecular complexity index is 437. The van der Waals surface area contributed by atoms with Gasteiger partial charge in [-0.2, -0.15) is 0 Å². The Morgan fingerprint density at radius 2 is 1.53 bits per heavy atom. The predicted molar refractivity (Wildman–Crippen MR) is 72.2 cm³/mol. The van der Waals surface area contributed by atoms with Crippen LogP contribution in [0.2, 0.25) is 0 Å². The molecule has 2 amide bonds. The summed E-state index contributed by atoms with van der Waals surface area (Å²) >= 11 is 6.64. The molecule has 1 rings (SSSR count). The first-order valence-corrected chi connectivity index (χ1v) is 6.31. The van der Waals surface area contributed by atoms with Crippen molar-refractivity contribution in [1.82, 2.24) is 0 Å². The van der Waals surface area contributed by atoms with E-state index >= 15 is 0 Å². The Balaban J connectivity index is 3.39. The second kappa shape index (κ2) is 5.64. The van der Waals surface area contributed by atoms with Crippen LogP contribution in [0.15, 0.2) is 21.1 Å². The average Bonchev–Trinajstić information content (AvgIpc) is 2.21. The van der Waals surface area contributed by atoms with Crippen molar-refractivity contribution < 1.29 is 14.3 Å². The summed E-state index contributed by atoms with van der Waals surface area (Å²) in [5, 5.41) is 0. The third-order valence-corrected chi connectivity index (χ3v) is 3.29. The van der Waals surface area contributed by atoms with Crippen LogP contribution in [0.25, 0.3) is 0 Å². The van der Waals surface area contributed by atoms with Crippen LogP contribution in [-0.2, 0) is 9.59 Å². The molecule has 0 radical (unpaired) electrons. The number of carbonyl (C=O) groups is 2. The molecule has 17 heavy (non-hydrogen) atoms. The quantitative estimate of drug-likeness (QED) is 0.809. The fraction of sp³-hybridized carbons (Fsp3) is 0.273. The van der Waals surface area contributed by atoms with Crippen LogP contribution in [0.4, 0.5) is 5.69 Å². The summed E-state index contributed by atoms with van der Waals surface area (Å²) in [5.74, 6) is -0.0623. The number of imide groups is 1. The standard InChI is InChI=1S/C11H11Br2NO3/c1-6(15)14(7(2)16)11-9(12)4-8(17-3)5-10(11)13/h4-5H,1-3H3. The second-order valence-electron chi connectivity index (χ2n) is 3.31. The monoisotopic (exact) mass is 363 g/mol. The van der Waals surface area contributed by atoms with Gasteiger partial charge >= 0.3 is 0 Å². The third kappa shape index (κ3) is 3.07. The van der Waals surface area contributed by atoms with Gasteiger partial charge in [0.05, 0.1) is 12.8 Å². The molecule has 0 aromatic heterocycles. The zero-order valence-corrected chi connectivity index (χ0v) is 12.8. The molecule has 1 aromatic rings. The predicted octanol–water partition coefficient (Wildman–Crippen LogP) is 3.12. The van der Waals surface area contributed by atoms with Crippen LogP contribution in [0.3, 0.4) is 0 Å². The lowest BCUT2D eigenvalue weighted by atomic mass is 10.2. The minimum absolute atomic E-state index is 0.343. The van der Waals surface area contributed by atoms with Gasteiger partial charge in [-0.15, -0.1) is 0 Å². The highest BCUT2D eigenvalue weighted by Gasteiger charge is 2.22. The Morgan fingerprint density at radius 3 is 1.82 bits per heavy atom. The summed E-state index contributed by atoms with van der Waals surface area (Å²) in [6.45, 7) is 2.68. The van der Waals surface area contributed by atoms with Crippen molar-refractivity contribution in [3.63, 3.8) is 0 Å². The molecule has 0 heterocycles. The summed E-state index contributed by atoms with van der Waals surface area (Å²) in [6.07, 6.45) is 0. The van der Waals surface area contributed by atoms with Gasteiger partial charge in [-0.3, -0.25) is 9.59 Å². The molecule has 0 aliphatic rings. The van der Waals surface area contributed by atoms with Crippen LogP contribution < -0.4 is 9.64 Å². The summed E-state index contributed by atoms with van der Waals surface area (Å²) < 4.78 is 6.29. The number of amides is 2. The van der Waals surface area contributed by atoms with Gasteiger partial charge in [0, 0.05) is 22.8 Å². The van der Waals surface area contributed by atoms with Crippen molar-refractivity contribution in [2.45, 2.75) is 13.8 Å². The maximum Gasteiger partial charge on any atom is 0.230 e. The molecule has 0 spiro atoms. The molecule has 0 aliphatic carbocycles. The van der Waals surface area contributed by atoms with E-state index in [1.54, 1.807) is 19.2 Å². The Hall–Kier alpha value is -0.880. The molecule has 0 unspecified atom stereocenters. The number of methoxy groups -OCH3 is 1. The Morgan fingerprint density at radius 1 is 1.12 bits per heavy atom. The Kier molecular flexibility index (Phi) is 4.70. The van der Waals surface area contributed by atoms with Gasteiger partial charge in [-0.05, 0) is 44.0 Å². The number of carbonyl (C=O) groups excluding carboxylic acids is 2. The van der Waals surface area contributed by atoms with E-state index in [2.05, 4.69) is 31.9 Å². The first-order chi connectivity index (χ1) is 7.88. The van der Waals surface area contributed by atoms with Gasteiger partial charge in [0.2, 0.25) is 11.8 Å². The lowest BCUT2D eigenvalue weighted by molar-refractivity contribution is -0.124. The van der Waals surface area contributed by atoms with Crippen LogP contribution in [0.1, 0.15) is 13.8 Å². The van der Waals surface area contributed by atoms with E-state index in [0.717, 1.165) is 4.90 Å². The second-order valence-corrected chi connectivity index (χ2v) is 5.02. The van der Waals surface area contributed by atoms with Gasteiger partial charge < -0.3 is 4.74 Å². The van der Waals surface area contributed by atoms with Crippen molar-refractivity contribution >= 4 is 49.4 Å². The van der Waals surface area contributed by atoms with Gasteiger partial charge in [0.15, 0.2) is 0 Å². The molecule has 0 fully saturated rings. The van der Waals surface area contributed by atoms with E-state index in [0.29, 0.717) is 20.4 Å². The minimum Gasteiger partial charge on any atom is -0.497 e. The first kappa shape index (κ1) is 14.2. The zero-order chi connectivity index (χ0) is 13.2. The summed E-state index contributed by atoms with van der Waals surface area (Å²) in [7, 11) is 1.54. The molecule has 0 saturated heterocycles. The fourth-order valence-corrected chi connectivity index (χ4v) is 2.91. The van der Waals surface area contributed by atoms with E-state index in [1.807, 2.05) is 0 Å². The van der Waals surface area contributed by atoms with E-state index in [-0.39, 0.29) is 11.8 Å². The maximum absolute atomic E-state index is 11.5. The molecule has 0 atom stereocenters. The molecule has 0 N–H and O–H groups in total. The number of anilines is 1. The molecule has 92 valence electrons. The van der Waals surface area contributed by atoms with Gasteiger partial charge in [0.1, 0.15) is 5.75 Å². The topological polar surface area (TPSA) is 46.6 Å². The number of benzene rings is 1. The molecule has 0 saturated carbocycles. The Labute approximate surface area is 116 Å². The van der Waals surface area contributed by atoms with Crippen LogP contribution in [0, 0.1) is 0 Å². The summed E-state index contributed by atoms with van der Waals surface area (Å²) in [4.78, 5) is 24.0. The smallest absolute Gasteiger partial charge is 0.230 e. The number of nitrogens with zero attached hydrogens (tertiary/aromatic N) is 1. The molecule has 6 heteroatoms. The van der Waals surface area contributed by atoms with Gasteiger partial charge in [-0.1, -0.05) is 0 Å². The van der Waals surface area contributed by atoms with Gasteiger partial charge in [0.25, 0.3) is 0 Å². The average molecular weight is 365 g/mol. The number of hydrogen-bond donors (Lipinski definition) is 0. The SMILES string of the molecule is COc1cc(Br)c(N(C(C)=O)C(C)=O)c(Br)c1.